The largest absolute Gasteiger partial charge is 0.497 e. The van der Waals surface area contributed by atoms with Gasteiger partial charge in [0, 0.05) is 18.5 Å². The maximum absolute atomic E-state index is 13.4. The third kappa shape index (κ3) is 5.83. The maximum Gasteiger partial charge on any atom is 0.309 e. The number of likely N-dealkylation sites (tertiary alicyclic amines) is 1. The summed E-state index contributed by atoms with van der Waals surface area (Å²) in [5, 5.41) is 0. The van der Waals surface area contributed by atoms with Crippen molar-refractivity contribution in [2.45, 2.75) is 83.7 Å². The molecule has 2 aliphatic heterocycles. The van der Waals surface area contributed by atoms with Crippen molar-refractivity contribution in [1.82, 2.24) is 9.80 Å². The Labute approximate surface area is 234 Å². The van der Waals surface area contributed by atoms with Crippen LogP contribution in [0.25, 0.3) is 0 Å². The molecule has 2 aromatic carbocycles. The lowest BCUT2D eigenvalue weighted by molar-refractivity contribution is -0.160. The van der Waals surface area contributed by atoms with Gasteiger partial charge in [0.25, 0.3) is 11.8 Å². The number of fused-ring (bicyclic) bond motifs is 1. The van der Waals surface area contributed by atoms with E-state index in [1.165, 1.54) is 4.90 Å². The lowest BCUT2D eigenvalue weighted by Crippen LogP contribution is -2.54. The average molecular weight is 549 g/mol. The van der Waals surface area contributed by atoms with E-state index in [2.05, 4.69) is 0 Å². The van der Waals surface area contributed by atoms with Crippen LogP contribution in [-0.4, -0.2) is 58.3 Å². The summed E-state index contributed by atoms with van der Waals surface area (Å²) in [6, 6.07) is 11.9. The minimum absolute atomic E-state index is 0.110. The molecule has 2 aromatic rings. The molecule has 0 radical (unpaired) electrons. The number of piperidine rings is 1. The summed E-state index contributed by atoms with van der Waals surface area (Å²) < 4.78 is 16.9. The summed E-state index contributed by atoms with van der Waals surface area (Å²) in [6.07, 6.45) is 2.44. The molecular weight excluding hydrogens is 512 g/mol. The highest BCUT2D eigenvalue weighted by molar-refractivity contribution is 6.05. The number of hydrogen-bond donors (Lipinski definition) is 0. The molecule has 1 saturated carbocycles. The molecule has 2 fully saturated rings. The van der Waals surface area contributed by atoms with Gasteiger partial charge in [0.05, 0.1) is 25.7 Å². The van der Waals surface area contributed by atoms with Crippen molar-refractivity contribution in [1.29, 1.82) is 0 Å². The highest BCUT2D eigenvalue weighted by Gasteiger charge is 2.43. The smallest absolute Gasteiger partial charge is 0.309 e. The van der Waals surface area contributed by atoms with Gasteiger partial charge in [0.1, 0.15) is 23.1 Å². The number of imide groups is 1. The van der Waals surface area contributed by atoms with E-state index in [0.717, 1.165) is 17.5 Å². The molecule has 0 N–H and O–H groups in total. The third-order valence-electron chi connectivity index (χ3n) is 7.70. The van der Waals surface area contributed by atoms with E-state index in [1.807, 2.05) is 39.0 Å². The molecule has 3 aliphatic rings. The molecule has 3 amide bonds. The maximum atomic E-state index is 13.4. The first-order valence-corrected chi connectivity index (χ1v) is 13.8. The molecule has 5 rings (SSSR count). The van der Waals surface area contributed by atoms with Gasteiger partial charge in [-0.1, -0.05) is 12.1 Å². The summed E-state index contributed by atoms with van der Waals surface area (Å²) in [6.45, 7) is 6.01. The second-order valence-electron chi connectivity index (χ2n) is 11.8. The van der Waals surface area contributed by atoms with E-state index >= 15 is 0 Å². The van der Waals surface area contributed by atoms with Gasteiger partial charge in [-0.25, -0.2) is 0 Å². The first-order chi connectivity index (χ1) is 19.0. The quantitative estimate of drug-likeness (QED) is 0.376. The van der Waals surface area contributed by atoms with Gasteiger partial charge in [0.15, 0.2) is 0 Å². The van der Waals surface area contributed by atoms with Gasteiger partial charge in [-0.05, 0) is 87.9 Å². The molecule has 0 bridgehead atoms. The standard InChI is InChI=1S/C31H36N2O7/c1-31(2,3)40-30(37)20-7-10-23(15-20)39-24-11-12-25-21(16-24)18-32(28(25)35)26-13-14-27(34)33(29(26)36)17-19-5-8-22(38-4)9-6-19/h5-6,8-9,11-12,16,20,23,26H,7,10,13-15,17-18H2,1-4H3/t20?,23-,26?/m0/s1. The lowest BCUT2D eigenvalue weighted by atomic mass is 10.0. The minimum Gasteiger partial charge on any atom is -0.497 e. The molecular formula is C31H36N2O7. The minimum atomic E-state index is -0.704. The Balaban J connectivity index is 1.23. The molecule has 2 unspecified atom stereocenters. The fraction of sp³-hybridized carbons (Fsp3) is 0.484. The van der Waals surface area contributed by atoms with Crippen LogP contribution in [-0.2, 0) is 32.2 Å². The van der Waals surface area contributed by atoms with Crippen LogP contribution in [0.3, 0.4) is 0 Å². The van der Waals surface area contributed by atoms with Crippen LogP contribution in [0.1, 0.15) is 74.4 Å². The van der Waals surface area contributed by atoms with Crippen LogP contribution in [0.4, 0.5) is 0 Å². The second kappa shape index (κ2) is 10.9. The number of nitrogens with zero attached hydrogens (tertiary/aromatic N) is 2. The number of ether oxygens (including phenoxy) is 3. The zero-order valence-electron chi connectivity index (χ0n) is 23.5. The van der Waals surface area contributed by atoms with Crippen LogP contribution < -0.4 is 9.47 Å². The summed E-state index contributed by atoms with van der Waals surface area (Å²) in [5.41, 5.74) is 1.61. The lowest BCUT2D eigenvalue weighted by Gasteiger charge is -2.35. The molecule has 9 heteroatoms. The zero-order valence-corrected chi connectivity index (χ0v) is 23.5. The predicted molar refractivity (Wildman–Crippen MR) is 145 cm³/mol. The Bertz CT molecular complexity index is 1310. The van der Waals surface area contributed by atoms with Crippen LogP contribution in [0, 0.1) is 5.92 Å². The van der Waals surface area contributed by atoms with E-state index in [4.69, 9.17) is 14.2 Å². The number of esters is 1. The second-order valence-corrected chi connectivity index (χ2v) is 11.8. The molecule has 0 aromatic heterocycles. The summed E-state index contributed by atoms with van der Waals surface area (Å²) >= 11 is 0. The molecule has 9 nitrogen and oxygen atoms in total. The van der Waals surface area contributed by atoms with Crippen molar-refractivity contribution in [2.75, 3.05) is 7.11 Å². The van der Waals surface area contributed by atoms with Crippen LogP contribution in [0.15, 0.2) is 42.5 Å². The van der Waals surface area contributed by atoms with Gasteiger partial charge >= 0.3 is 5.97 Å². The molecule has 1 saturated heterocycles. The number of rotatable bonds is 7. The molecule has 0 spiro atoms. The summed E-state index contributed by atoms with van der Waals surface area (Å²) in [4.78, 5) is 54.7. The topological polar surface area (TPSA) is 102 Å². The number of carbonyl (C=O) groups is 4. The van der Waals surface area contributed by atoms with E-state index in [1.54, 1.807) is 36.3 Å². The fourth-order valence-electron chi connectivity index (χ4n) is 5.67. The molecule has 1 aliphatic carbocycles. The number of hydrogen-bond acceptors (Lipinski definition) is 7. The Hall–Kier alpha value is -3.88. The van der Waals surface area contributed by atoms with E-state index in [-0.39, 0.29) is 55.2 Å². The highest BCUT2D eigenvalue weighted by atomic mass is 16.6. The van der Waals surface area contributed by atoms with Crippen molar-refractivity contribution in [3.63, 3.8) is 0 Å². The monoisotopic (exact) mass is 548 g/mol. The zero-order chi connectivity index (χ0) is 28.6. The van der Waals surface area contributed by atoms with Gasteiger partial charge in [-0.3, -0.25) is 24.1 Å². The van der Waals surface area contributed by atoms with Gasteiger partial charge in [0.2, 0.25) is 5.91 Å². The summed E-state index contributed by atoms with van der Waals surface area (Å²) in [5.74, 6) is 0.139. The first kappa shape index (κ1) is 27.7. The van der Waals surface area contributed by atoms with Crippen molar-refractivity contribution in [2.24, 2.45) is 5.92 Å². The number of methoxy groups -OCH3 is 1. The average Bonchev–Trinajstić information content (AvgIpc) is 3.50. The fourth-order valence-corrected chi connectivity index (χ4v) is 5.67. The first-order valence-electron chi connectivity index (χ1n) is 13.8. The van der Waals surface area contributed by atoms with Crippen molar-refractivity contribution in [3.05, 3.63) is 59.2 Å². The van der Waals surface area contributed by atoms with E-state index in [9.17, 15) is 19.2 Å². The van der Waals surface area contributed by atoms with Gasteiger partial charge < -0.3 is 19.1 Å². The molecule has 40 heavy (non-hydrogen) atoms. The Morgan fingerprint density at radius 2 is 1.70 bits per heavy atom. The predicted octanol–water partition coefficient (Wildman–Crippen LogP) is 4.26. The van der Waals surface area contributed by atoms with Crippen molar-refractivity contribution >= 4 is 23.7 Å². The van der Waals surface area contributed by atoms with E-state index in [0.29, 0.717) is 36.3 Å². The molecule has 3 atom stereocenters. The van der Waals surface area contributed by atoms with Gasteiger partial charge in [-0.2, -0.15) is 0 Å². The number of amides is 3. The van der Waals surface area contributed by atoms with Crippen LogP contribution >= 0.6 is 0 Å². The van der Waals surface area contributed by atoms with E-state index < -0.39 is 11.6 Å². The van der Waals surface area contributed by atoms with Gasteiger partial charge in [-0.15, -0.1) is 0 Å². The Kier molecular flexibility index (Phi) is 7.57. The van der Waals surface area contributed by atoms with Crippen molar-refractivity contribution < 1.29 is 33.4 Å². The SMILES string of the molecule is COc1ccc(CN2C(=O)CCC(N3Cc4cc(O[C@H]5CCC(C(=O)OC(C)(C)C)C5)ccc4C3=O)C2=O)cc1. The molecule has 2 heterocycles. The summed E-state index contributed by atoms with van der Waals surface area (Å²) in [7, 11) is 1.58. The highest BCUT2D eigenvalue weighted by Crippen LogP contribution is 2.35. The molecule has 212 valence electrons. The van der Waals surface area contributed by atoms with Crippen LogP contribution in [0.2, 0.25) is 0 Å². The normalized spacial score (nSPS) is 22.9. The Morgan fingerprint density at radius 1 is 0.975 bits per heavy atom. The number of carbonyl (C=O) groups excluding carboxylic acids is 4. The van der Waals surface area contributed by atoms with Crippen molar-refractivity contribution in [3.8, 4) is 11.5 Å². The third-order valence-corrected chi connectivity index (χ3v) is 7.70. The van der Waals surface area contributed by atoms with Crippen LogP contribution in [0.5, 0.6) is 11.5 Å². The Morgan fingerprint density at radius 3 is 2.40 bits per heavy atom. The number of benzene rings is 2.